The van der Waals surface area contributed by atoms with Crippen molar-refractivity contribution in [2.45, 2.75) is 20.4 Å². The Kier molecular flexibility index (Phi) is 7.14. The Bertz CT molecular complexity index is 671. The van der Waals surface area contributed by atoms with Crippen LogP contribution in [0.15, 0.2) is 29.3 Å². The van der Waals surface area contributed by atoms with E-state index in [0.717, 1.165) is 45.4 Å². The number of aliphatic imine (C=N–C) groups is 1. The van der Waals surface area contributed by atoms with E-state index in [-0.39, 0.29) is 17.8 Å². The van der Waals surface area contributed by atoms with Crippen LogP contribution in [0, 0.1) is 11.8 Å². The molecular formula is C21H32N4O3. The summed E-state index contributed by atoms with van der Waals surface area (Å²) in [7, 11) is 1.46. The molecule has 1 N–H and O–H groups in total. The van der Waals surface area contributed by atoms with Crippen molar-refractivity contribution in [1.82, 2.24) is 10.2 Å². The minimum Gasteiger partial charge on any atom is -0.469 e. The number of nitrogens with zero attached hydrogens (tertiary/aromatic N) is 3. The number of esters is 1. The normalized spacial score (nSPS) is 23.0. The molecule has 7 nitrogen and oxygen atoms in total. The first-order valence-corrected chi connectivity index (χ1v) is 10.1. The first-order chi connectivity index (χ1) is 13.6. The van der Waals surface area contributed by atoms with Gasteiger partial charge in [-0.15, -0.1) is 0 Å². The molecule has 0 aliphatic carbocycles. The van der Waals surface area contributed by atoms with E-state index in [9.17, 15) is 4.79 Å². The summed E-state index contributed by atoms with van der Waals surface area (Å²) in [5.74, 6) is 0.883. The van der Waals surface area contributed by atoms with E-state index in [2.05, 4.69) is 53.2 Å². The van der Waals surface area contributed by atoms with Crippen LogP contribution in [0.2, 0.25) is 0 Å². The van der Waals surface area contributed by atoms with Crippen LogP contribution >= 0.6 is 0 Å². The zero-order valence-corrected chi connectivity index (χ0v) is 17.2. The highest BCUT2D eigenvalue weighted by Crippen LogP contribution is 2.24. The lowest BCUT2D eigenvalue weighted by Crippen LogP contribution is -2.40. The summed E-state index contributed by atoms with van der Waals surface area (Å²) in [6, 6.07) is 8.60. The molecule has 2 aliphatic rings. The van der Waals surface area contributed by atoms with Gasteiger partial charge in [-0.1, -0.05) is 19.1 Å². The van der Waals surface area contributed by atoms with Gasteiger partial charge in [0.25, 0.3) is 0 Å². The molecule has 0 spiro atoms. The predicted molar refractivity (Wildman–Crippen MR) is 111 cm³/mol. The lowest BCUT2D eigenvalue weighted by molar-refractivity contribution is -0.145. The number of carbonyl (C=O) groups excluding carboxylic acids is 1. The molecule has 0 aromatic heterocycles. The van der Waals surface area contributed by atoms with Crippen molar-refractivity contribution in [3.63, 3.8) is 0 Å². The standard InChI is InChI=1S/C21H32N4O3/c1-4-22-21(25-14-16(2)19(15-25)20(26)27-3)23-13-17-5-7-18(8-6-17)24-9-11-28-12-10-24/h5-8,16,19H,4,9-15H2,1-3H3,(H,22,23). The van der Waals surface area contributed by atoms with Crippen molar-refractivity contribution in [3.05, 3.63) is 29.8 Å². The molecular weight excluding hydrogens is 356 g/mol. The van der Waals surface area contributed by atoms with Gasteiger partial charge in [0.15, 0.2) is 5.96 Å². The third kappa shape index (κ3) is 4.95. The van der Waals surface area contributed by atoms with Crippen LogP contribution in [0.3, 0.4) is 0 Å². The van der Waals surface area contributed by atoms with Gasteiger partial charge in [-0.3, -0.25) is 4.79 Å². The summed E-state index contributed by atoms with van der Waals surface area (Å²) in [5, 5.41) is 3.36. The van der Waals surface area contributed by atoms with Crippen LogP contribution in [0.25, 0.3) is 0 Å². The molecule has 2 unspecified atom stereocenters. The van der Waals surface area contributed by atoms with Crippen LogP contribution in [0.4, 0.5) is 5.69 Å². The molecule has 0 saturated carbocycles. The maximum absolute atomic E-state index is 12.0. The summed E-state index contributed by atoms with van der Waals surface area (Å²) < 4.78 is 10.4. The van der Waals surface area contributed by atoms with E-state index in [1.54, 1.807) is 0 Å². The quantitative estimate of drug-likeness (QED) is 0.471. The van der Waals surface area contributed by atoms with E-state index in [0.29, 0.717) is 13.1 Å². The average Bonchev–Trinajstić information content (AvgIpc) is 3.13. The van der Waals surface area contributed by atoms with Crippen molar-refractivity contribution in [2.24, 2.45) is 16.8 Å². The molecule has 2 aliphatic heterocycles. The van der Waals surface area contributed by atoms with Crippen LogP contribution < -0.4 is 10.2 Å². The molecule has 0 radical (unpaired) electrons. The second-order valence-electron chi connectivity index (χ2n) is 7.45. The summed E-state index contributed by atoms with van der Waals surface area (Å²) in [6.45, 7) is 10.5. The molecule has 7 heteroatoms. The van der Waals surface area contributed by atoms with Gasteiger partial charge >= 0.3 is 5.97 Å². The summed E-state index contributed by atoms with van der Waals surface area (Å²) in [5.41, 5.74) is 2.40. The highest BCUT2D eigenvalue weighted by Gasteiger charge is 2.36. The fourth-order valence-corrected chi connectivity index (χ4v) is 3.82. The summed E-state index contributed by atoms with van der Waals surface area (Å²) >= 11 is 0. The number of benzene rings is 1. The van der Waals surface area contributed by atoms with Crippen LogP contribution in [0.5, 0.6) is 0 Å². The van der Waals surface area contributed by atoms with Crippen molar-refractivity contribution < 1.29 is 14.3 Å². The van der Waals surface area contributed by atoms with Gasteiger partial charge < -0.3 is 24.6 Å². The zero-order valence-electron chi connectivity index (χ0n) is 17.2. The van der Waals surface area contributed by atoms with Crippen molar-refractivity contribution in [2.75, 3.05) is 57.9 Å². The van der Waals surface area contributed by atoms with Gasteiger partial charge in [0.05, 0.1) is 32.8 Å². The molecule has 3 rings (SSSR count). The van der Waals surface area contributed by atoms with Crippen molar-refractivity contribution >= 4 is 17.6 Å². The topological polar surface area (TPSA) is 66.4 Å². The second kappa shape index (κ2) is 9.78. The molecule has 1 aromatic rings. The number of anilines is 1. The number of morpholine rings is 1. The molecule has 1 aromatic carbocycles. The number of nitrogens with one attached hydrogen (secondary N) is 1. The van der Waals surface area contributed by atoms with E-state index in [4.69, 9.17) is 14.5 Å². The minimum absolute atomic E-state index is 0.0957. The minimum atomic E-state index is -0.135. The first kappa shape index (κ1) is 20.5. The maximum Gasteiger partial charge on any atom is 0.310 e. The van der Waals surface area contributed by atoms with Gasteiger partial charge in [-0.2, -0.15) is 0 Å². The number of hydrogen-bond acceptors (Lipinski definition) is 5. The first-order valence-electron chi connectivity index (χ1n) is 10.1. The Balaban J connectivity index is 1.63. The Morgan fingerprint density at radius 2 is 1.96 bits per heavy atom. The Morgan fingerprint density at radius 3 is 2.61 bits per heavy atom. The number of guanidine groups is 1. The SMILES string of the molecule is CCNC(=NCc1ccc(N2CCOCC2)cc1)N1CC(C)C(C(=O)OC)C1. The molecule has 154 valence electrons. The number of hydrogen-bond donors (Lipinski definition) is 1. The summed E-state index contributed by atoms with van der Waals surface area (Å²) in [6.07, 6.45) is 0. The van der Waals surface area contributed by atoms with Gasteiger partial charge in [0, 0.05) is 38.4 Å². The zero-order chi connectivity index (χ0) is 19.9. The molecule has 0 amide bonds. The van der Waals surface area contributed by atoms with Gasteiger partial charge in [-0.25, -0.2) is 4.99 Å². The van der Waals surface area contributed by atoms with E-state index in [1.807, 2.05) is 0 Å². The van der Waals surface area contributed by atoms with Gasteiger partial charge in [-0.05, 0) is 30.5 Å². The molecule has 2 heterocycles. The van der Waals surface area contributed by atoms with E-state index < -0.39 is 0 Å². The third-order valence-corrected chi connectivity index (χ3v) is 5.47. The van der Waals surface area contributed by atoms with Crippen molar-refractivity contribution in [3.8, 4) is 0 Å². The number of methoxy groups -OCH3 is 1. The molecule has 2 saturated heterocycles. The fraction of sp³-hybridized carbons (Fsp3) is 0.619. The van der Waals surface area contributed by atoms with Crippen LogP contribution in [0.1, 0.15) is 19.4 Å². The lowest BCUT2D eigenvalue weighted by Gasteiger charge is -2.28. The monoisotopic (exact) mass is 388 g/mol. The fourth-order valence-electron chi connectivity index (χ4n) is 3.82. The molecule has 2 atom stereocenters. The second-order valence-corrected chi connectivity index (χ2v) is 7.45. The van der Waals surface area contributed by atoms with Crippen molar-refractivity contribution in [1.29, 1.82) is 0 Å². The lowest BCUT2D eigenvalue weighted by atomic mass is 9.99. The largest absolute Gasteiger partial charge is 0.469 e. The maximum atomic E-state index is 12.0. The third-order valence-electron chi connectivity index (χ3n) is 5.47. The predicted octanol–water partition coefficient (Wildman–Crippen LogP) is 1.73. The van der Waals surface area contributed by atoms with Crippen LogP contribution in [-0.2, 0) is 20.8 Å². The average molecular weight is 389 g/mol. The van der Waals surface area contributed by atoms with Gasteiger partial charge in [0.1, 0.15) is 0 Å². The highest BCUT2D eigenvalue weighted by molar-refractivity contribution is 5.82. The number of carbonyl (C=O) groups is 1. The van der Waals surface area contributed by atoms with E-state index >= 15 is 0 Å². The summed E-state index contributed by atoms with van der Waals surface area (Å²) in [4.78, 5) is 21.3. The molecule has 28 heavy (non-hydrogen) atoms. The molecule has 2 fully saturated rings. The Hall–Kier alpha value is -2.28. The van der Waals surface area contributed by atoms with E-state index in [1.165, 1.54) is 18.4 Å². The van der Waals surface area contributed by atoms with Crippen LogP contribution in [-0.4, -0.2) is 69.9 Å². The Labute approximate surface area is 167 Å². The smallest absolute Gasteiger partial charge is 0.310 e. The number of likely N-dealkylation sites (tertiary alicyclic amines) is 1. The number of ether oxygens (including phenoxy) is 2. The molecule has 0 bridgehead atoms. The number of rotatable bonds is 5. The Morgan fingerprint density at radius 1 is 1.25 bits per heavy atom. The highest BCUT2D eigenvalue weighted by atomic mass is 16.5. The van der Waals surface area contributed by atoms with Gasteiger partial charge in [0.2, 0.25) is 0 Å².